The molecular weight excluding hydrogens is 396 g/mol. The van der Waals surface area contributed by atoms with Gasteiger partial charge in [-0.1, -0.05) is 51.4 Å². The van der Waals surface area contributed by atoms with Crippen LogP contribution in [0.5, 0.6) is 0 Å². The standard InChI is InChI=1S/C24H33ClN2OSi/c1-8-23-26-21-15-17(2)20(25)16-22(21)27(23)19-11-9-18(10-12-19)13-14-28-29(6,7)24(3,4)5/h9-12,15-16H,8,13-14H2,1-7H3. The summed E-state index contributed by atoms with van der Waals surface area (Å²) in [5, 5.41) is 1.02. The zero-order valence-electron chi connectivity index (χ0n) is 18.8. The lowest BCUT2D eigenvalue weighted by molar-refractivity contribution is 0.292. The van der Waals surface area contributed by atoms with Crippen LogP contribution < -0.4 is 0 Å². The highest BCUT2D eigenvalue weighted by Crippen LogP contribution is 2.36. The van der Waals surface area contributed by atoms with E-state index in [4.69, 9.17) is 21.0 Å². The summed E-state index contributed by atoms with van der Waals surface area (Å²) in [7, 11) is -1.69. The molecule has 0 bridgehead atoms. The fourth-order valence-electron chi connectivity index (χ4n) is 3.23. The molecule has 3 rings (SSSR count). The van der Waals surface area contributed by atoms with Crippen LogP contribution in [0.15, 0.2) is 36.4 Å². The van der Waals surface area contributed by atoms with E-state index in [0.29, 0.717) is 0 Å². The molecule has 0 N–H and O–H groups in total. The lowest BCUT2D eigenvalue weighted by atomic mass is 10.1. The fourth-order valence-corrected chi connectivity index (χ4v) is 4.43. The van der Waals surface area contributed by atoms with Gasteiger partial charge in [-0.2, -0.15) is 0 Å². The van der Waals surface area contributed by atoms with Crippen LogP contribution in [0.1, 0.15) is 44.6 Å². The minimum Gasteiger partial charge on any atom is -0.416 e. The highest BCUT2D eigenvalue weighted by atomic mass is 35.5. The molecule has 0 unspecified atom stereocenters. The van der Waals surface area contributed by atoms with Gasteiger partial charge in [0.15, 0.2) is 8.32 Å². The van der Waals surface area contributed by atoms with Crippen LogP contribution in [-0.4, -0.2) is 24.5 Å². The molecule has 0 amide bonds. The minimum absolute atomic E-state index is 0.246. The molecule has 2 aromatic carbocycles. The second-order valence-electron chi connectivity index (χ2n) is 9.33. The van der Waals surface area contributed by atoms with Crippen LogP contribution in [0.25, 0.3) is 16.7 Å². The van der Waals surface area contributed by atoms with Gasteiger partial charge >= 0.3 is 0 Å². The molecule has 0 fully saturated rings. The molecule has 0 atom stereocenters. The molecule has 3 nitrogen and oxygen atoms in total. The minimum atomic E-state index is -1.69. The van der Waals surface area contributed by atoms with Crippen molar-refractivity contribution in [1.29, 1.82) is 0 Å². The summed E-state index contributed by atoms with van der Waals surface area (Å²) in [4.78, 5) is 4.82. The zero-order chi connectivity index (χ0) is 21.4. The Labute approximate surface area is 181 Å². The van der Waals surface area contributed by atoms with Crippen molar-refractivity contribution in [1.82, 2.24) is 9.55 Å². The Balaban J connectivity index is 1.81. The molecular formula is C24H33ClN2OSi. The summed E-state index contributed by atoms with van der Waals surface area (Å²) in [5.41, 5.74) is 5.53. The summed E-state index contributed by atoms with van der Waals surface area (Å²) in [5.74, 6) is 1.05. The third-order valence-electron chi connectivity index (χ3n) is 6.17. The van der Waals surface area contributed by atoms with Gasteiger partial charge in [-0.3, -0.25) is 4.57 Å². The predicted molar refractivity (Wildman–Crippen MR) is 127 cm³/mol. The van der Waals surface area contributed by atoms with Gasteiger partial charge in [-0.15, -0.1) is 0 Å². The molecule has 5 heteroatoms. The Hall–Kier alpha value is -1.62. The van der Waals surface area contributed by atoms with Crippen LogP contribution in [0.4, 0.5) is 0 Å². The number of rotatable bonds is 6. The predicted octanol–water partition coefficient (Wildman–Crippen LogP) is 7.11. The molecule has 0 aliphatic rings. The molecule has 0 aliphatic carbocycles. The zero-order valence-corrected chi connectivity index (χ0v) is 20.5. The maximum Gasteiger partial charge on any atom is 0.191 e. The first kappa shape index (κ1) is 22.1. The van der Waals surface area contributed by atoms with E-state index in [9.17, 15) is 0 Å². The molecule has 1 aromatic heterocycles. The Kier molecular flexibility index (Phi) is 6.28. The Morgan fingerprint density at radius 3 is 2.34 bits per heavy atom. The molecule has 0 saturated carbocycles. The number of hydrogen-bond acceptors (Lipinski definition) is 2. The first-order valence-corrected chi connectivity index (χ1v) is 13.7. The van der Waals surface area contributed by atoms with Gasteiger partial charge < -0.3 is 4.43 Å². The summed E-state index contributed by atoms with van der Waals surface area (Å²) >= 11 is 6.40. The Morgan fingerprint density at radius 1 is 1.10 bits per heavy atom. The number of hydrogen-bond donors (Lipinski definition) is 0. The van der Waals surface area contributed by atoms with E-state index < -0.39 is 8.32 Å². The van der Waals surface area contributed by atoms with Gasteiger partial charge in [0.05, 0.1) is 11.0 Å². The van der Waals surface area contributed by atoms with Crippen LogP contribution in [0, 0.1) is 6.92 Å². The van der Waals surface area contributed by atoms with Gasteiger partial charge in [0.25, 0.3) is 0 Å². The van der Waals surface area contributed by atoms with Gasteiger partial charge in [-0.05, 0) is 66.9 Å². The molecule has 3 aromatic rings. The first-order chi connectivity index (χ1) is 13.5. The van der Waals surface area contributed by atoms with E-state index in [2.05, 4.69) is 75.7 Å². The monoisotopic (exact) mass is 428 g/mol. The van der Waals surface area contributed by atoms with Crippen molar-refractivity contribution in [2.75, 3.05) is 6.61 Å². The average molecular weight is 429 g/mol. The van der Waals surface area contributed by atoms with Crippen LogP contribution in [0.2, 0.25) is 23.2 Å². The van der Waals surface area contributed by atoms with Crippen molar-refractivity contribution in [3.8, 4) is 5.69 Å². The Bertz CT molecular complexity index is 1000. The third kappa shape index (κ3) is 4.60. The van der Waals surface area contributed by atoms with E-state index in [1.165, 1.54) is 5.56 Å². The summed E-state index contributed by atoms with van der Waals surface area (Å²) in [6.45, 7) is 16.4. The van der Waals surface area contributed by atoms with E-state index in [1.807, 2.05) is 13.0 Å². The number of halogens is 1. The summed E-state index contributed by atoms with van der Waals surface area (Å²) in [6, 6.07) is 12.8. The molecule has 1 heterocycles. The number of aromatic nitrogens is 2. The van der Waals surface area contributed by atoms with Crippen molar-refractivity contribution < 1.29 is 4.43 Å². The second kappa shape index (κ2) is 8.25. The van der Waals surface area contributed by atoms with E-state index in [-0.39, 0.29) is 5.04 Å². The van der Waals surface area contributed by atoms with Gasteiger partial charge in [0.2, 0.25) is 0 Å². The molecule has 156 valence electrons. The smallest absolute Gasteiger partial charge is 0.191 e. The van der Waals surface area contributed by atoms with Crippen molar-refractivity contribution >= 4 is 31.0 Å². The second-order valence-corrected chi connectivity index (χ2v) is 14.5. The van der Waals surface area contributed by atoms with Crippen LogP contribution in [0.3, 0.4) is 0 Å². The number of imidazole rings is 1. The fraction of sp³-hybridized carbons (Fsp3) is 0.458. The van der Waals surface area contributed by atoms with E-state index in [1.54, 1.807) is 0 Å². The maximum absolute atomic E-state index is 6.40. The normalized spacial score (nSPS) is 12.7. The van der Waals surface area contributed by atoms with Crippen LogP contribution >= 0.6 is 11.6 Å². The first-order valence-electron chi connectivity index (χ1n) is 10.4. The van der Waals surface area contributed by atoms with Crippen molar-refractivity contribution in [3.05, 3.63) is 58.4 Å². The van der Waals surface area contributed by atoms with Gasteiger partial charge in [-0.25, -0.2) is 4.98 Å². The summed E-state index contributed by atoms with van der Waals surface area (Å²) < 4.78 is 8.55. The van der Waals surface area contributed by atoms with Crippen molar-refractivity contribution in [3.63, 3.8) is 0 Å². The van der Waals surface area contributed by atoms with Gasteiger partial charge in [0, 0.05) is 23.7 Å². The molecule has 29 heavy (non-hydrogen) atoms. The number of nitrogens with zero attached hydrogens (tertiary/aromatic N) is 2. The number of aryl methyl sites for hydroxylation is 2. The number of benzene rings is 2. The molecule has 0 aliphatic heterocycles. The van der Waals surface area contributed by atoms with Crippen molar-refractivity contribution in [2.24, 2.45) is 0 Å². The lowest BCUT2D eigenvalue weighted by Crippen LogP contribution is -2.41. The summed E-state index contributed by atoms with van der Waals surface area (Å²) in [6.07, 6.45) is 1.80. The highest BCUT2D eigenvalue weighted by Gasteiger charge is 2.36. The van der Waals surface area contributed by atoms with E-state index in [0.717, 1.165) is 52.6 Å². The van der Waals surface area contributed by atoms with E-state index >= 15 is 0 Å². The number of fused-ring (bicyclic) bond motifs is 1. The maximum atomic E-state index is 6.40. The SMILES string of the molecule is CCc1nc2cc(C)c(Cl)cc2n1-c1ccc(CCO[Si](C)(C)C(C)(C)C)cc1. The largest absolute Gasteiger partial charge is 0.416 e. The van der Waals surface area contributed by atoms with Crippen molar-refractivity contribution in [2.45, 2.75) is 65.6 Å². The molecule has 0 spiro atoms. The average Bonchev–Trinajstić information content (AvgIpc) is 2.99. The Morgan fingerprint density at radius 2 is 1.76 bits per heavy atom. The topological polar surface area (TPSA) is 27.1 Å². The lowest BCUT2D eigenvalue weighted by Gasteiger charge is -2.36. The quantitative estimate of drug-likeness (QED) is 0.391. The van der Waals surface area contributed by atoms with Crippen LogP contribution in [-0.2, 0) is 17.3 Å². The highest BCUT2D eigenvalue weighted by molar-refractivity contribution is 6.74. The third-order valence-corrected chi connectivity index (χ3v) is 11.1. The molecule has 0 saturated heterocycles. The molecule has 0 radical (unpaired) electrons. The van der Waals surface area contributed by atoms with Gasteiger partial charge in [0.1, 0.15) is 5.82 Å².